The van der Waals surface area contributed by atoms with Crippen LogP contribution in [0, 0.1) is 20.6 Å². The van der Waals surface area contributed by atoms with Crippen LogP contribution in [-0.2, 0) is 13.0 Å². The van der Waals surface area contributed by atoms with Crippen LogP contribution in [0.15, 0.2) is 30.5 Å². The van der Waals surface area contributed by atoms with Crippen LogP contribution in [0.5, 0.6) is 0 Å². The van der Waals surface area contributed by atoms with Gasteiger partial charge in [-0.25, -0.2) is 4.57 Å². The van der Waals surface area contributed by atoms with E-state index in [9.17, 15) is 0 Å². The summed E-state index contributed by atoms with van der Waals surface area (Å²) in [4.78, 5) is 0. The van der Waals surface area contributed by atoms with E-state index in [0.717, 1.165) is 11.1 Å². The minimum absolute atomic E-state index is 0.00735. The first kappa shape index (κ1) is 8.28. The Bertz CT molecular complexity index is 924. The summed E-state index contributed by atoms with van der Waals surface area (Å²) in [6, 6.07) is 6.47. The van der Waals surface area contributed by atoms with Crippen molar-refractivity contribution in [1.29, 1.82) is 0 Å². The number of hydrogen-bond donors (Lipinski definition) is 0. The maximum Gasteiger partial charge on any atom is 0.212 e. The molecule has 2 heteroatoms. The van der Waals surface area contributed by atoms with Gasteiger partial charge in [0.15, 0.2) is 6.20 Å². The Morgan fingerprint density at radius 1 is 1.14 bits per heavy atom. The monoisotopic (exact) mass is 306 g/mol. The van der Waals surface area contributed by atoms with Crippen LogP contribution in [-0.4, -0.2) is 8.07 Å². The first-order valence-corrected chi connectivity index (χ1v) is 10.5. The van der Waals surface area contributed by atoms with Gasteiger partial charge in [0.2, 0.25) is 5.69 Å². The summed E-state index contributed by atoms with van der Waals surface area (Å²) in [7, 11) is -0.707. The number of rotatable bonds is 3. The Morgan fingerprint density at radius 3 is 2.48 bits per heavy atom. The molecule has 2 aromatic rings. The molecule has 0 spiro atoms. The molecule has 0 N–H and O–H groups in total. The van der Waals surface area contributed by atoms with Crippen LogP contribution >= 0.6 is 0 Å². The van der Waals surface area contributed by atoms with Gasteiger partial charge in [0.25, 0.3) is 0 Å². The van der Waals surface area contributed by atoms with Gasteiger partial charge in [-0.2, -0.15) is 0 Å². The van der Waals surface area contributed by atoms with Gasteiger partial charge in [-0.1, -0.05) is 37.3 Å². The maximum atomic E-state index is 8.73. The molecule has 112 valence electrons. The predicted octanol–water partition coefficient (Wildman–Crippen LogP) is 4.52. The molecule has 0 aliphatic heterocycles. The summed E-state index contributed by atoms with van der Waals surface area (Å²) in [5.41, 5.74) is 2.54. The van der Waals surface area contributed by atoms with Gasteiger partial charge in [0, 0.05) is 36.2 Å². The lowest BCUT2D eigenvalue weighted by Crippen LogP contribution is -2.33. The molecule has 0 aliphatic carbocycles. The van der Waals surface area contributed by atoms with Crippen LogP contribution < -0.4 is 4.57 Å². The highest BCUT2D eigenvalue weighted by atomic mass is 28.3. The van der Waals surface area contributed by atoms with Crippen molar-refractivity contribution in [2.24, 2.45) is 7.05 Å². The van der Waals surface area contributed by atoms with E-state index in [1.165, 1.54) is 6.20 Å². The van der Waals surface area contributed by atoms with E-state index in [-0.39, 0.29) is 16.7 Å². The summed E-state index contributed by atoms with van der Waals surface area (Å²) in [5, 5.41) is 0. The van der Waals surface area contributed by atoms with E-state index in [4.69, 9.17) is 11.0 Å². The fourth-order valence-corrected chi connectivity index (χ4v) is 3.39. The second-order valence-corrected chi connectivity index (χ2v) is 11.3. The van der Waals surface area contributed by atoms with Crippen LogP contribution in [0.2, 0.25) is 19.6 Å². The van der Waals surface area contributed by atoms with Gasteiger partial charge in [-0.15, -0.1) is 0 Å². The zero-order valence-corrected chi connectivity index (χ0v) is 14.3. The molecule has 0 saturated heterocycles. The van der Waals surface area contributed by atoms with Crippen LogP contribution in [0.25, 0.3) is 11.3 Å². The molecule has 0 atom stereocenters. The third kappa shape index (κ3) is 3.82. The van der Waals surface area contributed by atoms with Crippen molar-refractivity contribution in [2.45, 2.75) is 46.3 Å². The highest BCUT2D eigenvalue weighted by Crippen LogP contribution is 2.24. The fraction of sp³-hybridized carbons (Fsp3) is 0.421. The summed E-state index contributed by atoms with van der Waals surface area (Å²) in [6.07, 6.45) is 1.48. The number of nitrogens with zero attached hydrogens (tertiary/aromatic N) is 1. The van der Waals surface area contributed by atoms with Crippen LogP contribution in [0.3, 0.4) is 0 Å². The van der Waals surface area contributed by atoms with Crippen LogP contribution in [0.4, 0.5) is 0 Å². The van der Waals surface area contributed by atoms with Crippen LogP contribution in [0.1, 0.15) is 33.2 Å². The van der Waals surface area contributed by atoms with Gasteiger partial charge in [-0.05, 0) is 43.8 Å². The topological polar surface area (TPSA) is 3.88 Å². The molecule has 0 bridgehead atoms. The quantitative estimate of drug-likeness (QED) is 0.580. The standard InChI is InChI=1S/C19H28NSi/c1-14-8-9-18(15(2)10-14)19-11-17(13-21(5,6)7)16(3)12-20(19)4/h8-12H,13H2,1-7H3/q+1/i1D3,3D3,13D2. The second-order valence-electron chi connectivity index (χ2n) is 6.50. The van der Waals surface area contributed by atoms with Crippen molar-refractivity contribution in [3.63, 3.8) is 0 Å². The van der Waals surface area contributed by atoms with E-state index in [2.05, 4.69) is 0 Å². The molecule has 0 unspecified atom stereocenters. The number of benzene rings is 1. The van der Waals surface area contributed by atoms with E-state index < -0.39 is 27.8 Å². The SMILES string of the molecule is [2H]C([2H])([2H])c1ccc(-c2cc(C([2H])([2H])[Si](C)(C)C)c(C([2H])([2H])[2H])c[n+]2C)c(C)c1. The molecule has 0 aliphatic rings. The lowest BCUT2D eigenvalue weighted by molar-refractivity contribution is -0.660. The highest BCUT2D eigenvalue weighted by Gasteiger charge is 2.20. The van der Waals surface area contributed by atoms with Crippen molar-refractivity contribution in [3.05, 3.63) is 52.7 Å². The third-order valence-corrected chi connectivity index (χ3v) is 4.31. The molecule has 1 heterocycles. The molecule has 0 fully saturated rings. The summed E-state index contributed by atoms with van der Waals surface area (Å²) in [5.74, 6) is -1.76. The lowest BCUT2D eigenvalue weighted by Gasteiger charge is -2.17. The maximum absolute atomic E-state index is 8.73. The average Bonchev–Trinajstić information content (AvgIpc) is 2.52. The van der Waals surface area contributed by atoms with Gasteiger partial charge in [0.1, 0.15) is 7.05 Å². The van der Waals surface area contributed by atoms with E-state index in [1.807, 2.05) is 19.6 Å². The smallest absolute Gasteiger partial charge is 0.201 e. The second kappa shape index (κ2) is 5.76. The van der Waals surface area contributed by atoms with Gasteiger partial charge in [-0.3, -0.25) is 0 Å². The van der Waals surface area contributed by atoms with E-state index in [1.54, 1.807) is 42.8 Å². The molecule has 0 amide bonds. The highest BCUT2D eigenvalue weighted by molar-refractivity contribution is 6.75. The molecule has 0 radical (unpaired) electrons. The summed E-state index contributed by atoms with van der Waals surface area (Å²) >= 11 is 0. The molecule has 0 saturated carbocycles. The molecule has 2 rings (SSSR count). The molecule has 1 aromatic heterocycles. The Labute approximate surface area is 141 Å². The van der Waals surface area contributed by atoms with Crippen molar-refractivity contribution < 1.29 is 15.5 Å². The first-order chi connectivity index (χ1) is 12.9. The number of hydrogen-bond acceptors (Lipinski definition) is 0. The zero-order chi connectivity index (χ0) is 22.6. The lowest BCUT2D eigenvalue weighted by atomic mass is 10.0. The van der Waals surface area contributed by atoms with Gasteiger partial charge < -0.3 is 0 Å². The normalized spacial score (nSPS) is 19.3. The Hall–Kier alpha value is -1.41. The summed E-state index contributed by atoms with van der Waals surface area (Å²) in [6.45, 7) is 2.77. The predicted molar refractivity (Wildman–Crippen MR) is 94.3 cm³/mol. The molecular weight excluding hydrogens is 270 g/mol. The molecule has 21 heavy (non-hydrogen) atoms. The van der Waals surface area contributed by atoms with Crippen molar-refractivity contribution in [2.75, 3.05) is 0 Å². The van der Waals surface area contributed by atoms with Crippen molar-refractivity contribution >= 4 is 8.07 Å². The first-order valence-electron chi connectivity index (χ1n) is 11.0. The molecule has 1 aromatic carbocycles. The van der Waals surface area contributed by atoms with Crippen molar-refractivity contribution in [3.8, 4) is 11.3 Å². The van der Waals surface area contributed by atoms with Gasteiger partial charge in [0.05, 0.1) is 0 Å². The average molecular weight is 307 g/mol. The zero-order valence-electron chi connectivity index (χ0n) is 21.3. The Morgan fingerprint density at radius 2 is 1.90 bits per heavy atom. The van der Waals surface area contributed by atoms with E-state index >= 15 is 0 Å². The minimum atomic E-state index is -2.45. The molecular formula is C19H28NSi+. The number of aryl methyl sites for hydroxylation is 4. The summed E-state index contributed by atoms with van der Waals surface area (Å²) < 4.78 is 65.6. The Balaban J connectivity index is 2.81. The van der Waals surface area contributed by atoms with Gasteiger partial charge >= 0.3 is 0 Å². The van der Waals surface area contributed by atoms with Crippen molar-refractivity contribution in [1.82, 2.24) is 0 Å². The third-order valence-electron chi connectivity index (χ3n) is 3.29. The van der Waals surface area contributed by atoms with E-state index in [0.29, 0.717) is 5.69 Å². The number of aromatic nitrogens is 1. The fourth-order valence-electron chi connectivity index (χ4n) is 2.38. The molecule has 1 nitrogen and oxygen atoms in total. The number of pyridine rings is 1. The largest absolute Gasteiger partial charge is 0.212 e. The minimum Gasteiger partial charge on any atom is -0.201 e. The Kier molecular flexibility index (Phi) is 2.27.